The number of hydrogen-bond donors (Lipinski definition) is 1. The lowest BCUT2D eigenvalue weighted by Crippen LogP contribution is -2.42. The third kappa shape index (κ3) is 4.72. The topological polar surface area (TPSA) is 73.6 Å². The van der Waals surface area contributed by atoms with E-state index in [0.717, 1.165) is 52.6 Å². The van der Waals surface area contributed by atoms with E-state index in [0.29, 0.717) is 19.7 Å². The van der Waals surface area contributed by atoms with Crippen molar-refractivity contribution in [1.29, 1.82) is 0 Å². The van der Waals surface area contributed by atoms with Crippen LogP contribution in [-0.2, 0) is 17.7 Å². The van der Waals surface area contributed by atoms with Gasteiger partial charge < -0.3 is 24.3 Å². The molecule has 1 aliphatic heterocycles. The highest BCUT2D eigenvalue weighted by molar-refractivity contribution is 5.76. The molecular formula is C29H33N5O3. The molecule has 8 heteroatoms. The fourth-order valence-electron chi connectivity index (χ4n) is 5.02. The summed E-state index contributed by atoms with van der Waals surface area (Å²) in [6.45, 7) is 3.65. The third-order valence-electron chi connectivity index (χ3n) is 6.78. The molecule has 0 aliphatic carbocycles. The highest BCUT2D eigenvalue weighted by Crippen LogP contribution is 2.39. The van der Waals surface area contributed by atoms with Crippen molar-refractivity contribution in [1.82, 2.24) is 24.6 Å². The van der Waals surface area contributed by atoms with Gasteiger partial charge in [0.15, 0.2) is 0 Å². The highest BCUT2D eigenvalue weighted by atomic mass is 16.5. The second-order valence-electron chi connectivity index (χ2n) is 9.04. The second-order valence-corrected chi connectivity index (χ2v) is 9.04. The fraction of sp³-hybridized carbons (Fsp3) is 0.310. The fourth-order valence-corrected chi connectivity index (χ4v) is 5.02. The molecule has 0 spiro atoms. The van der Waals surface area contributed by atoms with Gasteiger partial charge in [0, 0.05) is 32.0 Å². The molecule has 0 unspecified atom stereocenters. The molecule has 0 radical (unpaired) electrons. The molecule has 0 saturated heterocycles. The number of methoxy groups -OCH3 is 2. The first-order chi connectivity index (χ1) is 18.2. The first-order valence-electron chi connectivity index (χ1n) is 12.7. The SMILES string of the molecule is CCc1nn(-c2ccccc2)c2c1CN(C(=O)NCCCOC)[C@H](c1cccc(OC)c1)c1cccn1-2. The summed E-state index contributed by atoms with van der Waals surface area (Å²) in [5, 5.41) is 8.12. The number of rotatable bonds is 8. The summed E-state index contributed by atoms with van der Waals surface area (Å²) in [7, 11) is 3.33. The van der Waals surface area contributed by atoms with Crippen molar-refractivity contribution in [2.45, 2.75) is 32.4 Å². The molecule has 37 heavy (non-hydrogen) atoms. The van der Waals surface area contributed by atoms with Crippen LogP contribution in [-0.4, -0.2) is 52.6 Å². The molecule has 192 valence electrons. The lowest BCUT2D eigenvalue weighted by atomic mass is 10.0. The van der Waals surface area contributed by atoms with Crippen LogP contribution in [0, 0.1) is 0 Å². The molecule has 1 N–H and O–H groups in total. The average Bonchev–Trinajstić information content (AvgIpc) is 3.52. The Hall–Kier alpha value is -4.04. The molecular weight excluding hydrogens is 466 g/mol. The van der Waals surface area contributed by atoms with Gasteiger partial charge in [0.2, 0.25) is 0 Å². The minimum Gasteiger partial charge on any atom is -0.497 e. The predicted octanol–water partition coefficient (Wildman–Crippen LogP) is 4.89. The standard InChI is InChI=1S/C29H33N5O3/c1-4-25-24-20-33(29(35)30-16-10-18-36-2)27(21-11-8-14-23(19-21)37-3)26-15-9-17-32(26)28(24)34(31-25)22-12-6-5-7-13-22/h5-9,11-15,17,19,27H,4,10,16,18,20H2,1-3H3,(H,30,35)/t27-/m1/s1. The number of carbonyl (C=O) groups excluding carboxylic acids is 1. The van der Waals surface area contributed by atoms with E-state index in [-0.39, 0.29) is 12.1 Å². The van der Waals surface area contributed by atoms with Gasteiger partial charge in [0.1, 0.15) is 11.6 Å². The second kappa shape index (κ2) is 10.9. The van der Waals surface area contributed by atoms with Crippen LogP contribution < -0.4 is 10.1 Å². The molecule has 2 aromatic carbocycles. The molecule has 8 nitrogen and oxygen atoms in total. The number of nitrogens with zero attached hydrogens (tertiary/aromatic N) is 4. The molecule has 0 saturated carbocycles. The Kier molecular flexibility index (Phi) is 7.28. The van der Waals surface area contributed by atoms with Gasteiger partial charge in [-0.3, -0.25) is 0 Å². The Balaban J connectivity index is 1.68. The van der Waals surface area contributed by atoms with E-state index >= 15 is 0 Å². The molecule has 1 aliphatic rings. The number of hydrogen-bond acceptors (Lipinski definition) is 4. The van der Waals surface area contributed by atoms with Crippen LogP contribution >= 0.6 is 0 Å². The third-order valence-corrected chi connectivity index (χ3v) is 6.78. The van der Waals surface area contributed by atoms with Crippen molar-refractivity contribution in [3.63, 3.8) is 0 Å². The van der Waals surface area contributed by atoms with Gasteiger partial charge in [-0.1, -0.05) is 37.3 Å². The molecule has 4 aromatic rings. The maximum atomic E-state index is 13.8. The number of aryl methyl sites for hydroxylation is 1. The average molecular weight is 500 g/mol. The van der Waals surface area contributed by atoms with Gasteiger partial charge in [-0.25, -0.2) is 9.48 Å². The number of aromatic nitrogens is 3. The van der Waals surface area contributed by atoms with E-state index < -0.39 is 0 Å². The van der Waals surface area contributed by atoms with Crippen LogP contribution in [0.25, 0.3) is 11.5 Å². The van der Waals surface area contributed by atoms with Gasteiger partial charge >= 0.3 is 6.03 Å². The van der Waals surface area contributed by atoms with E-state index in [9.17, 15) is 4.79 Å². The van der Waals surface area contributed by atoms with E-state index in [2.05, 4.69) is 47.3 Å². The monoisotopic (exact) mass is 499 g/mol. The molecule has 5 rings (SSSR count). The maximum Gasteiger partial charge on any atom is 0.318 e. The molecule has 1 atom stereocenters. The minimum absolute atomic E-state index is 0.126. The Bertz CT molecular complexity index is 1360. The quantitative estimate of drug-likeness (QED) is 0.351. The number of nitrogens with one attached hydrogen (secondary N) is 1. The Morgan fingerprint density at radius 1 is 1.08 bits per heavy atom. The van der Waals surface area contributed by atoms with Crippen LogP contribution in [0.2, 0.25) is 0 Å². The summed E-state index contributed by atoms with van der Waals surface area (Å²) in [6, 6.07) is 21.8. The van der Waals surface area contributed by atoms with Gasteiger partial charge in [0.05, 0.1) is 36.8 Å². The zero-order valence-corrected chi connectivity index (χ0v) is 21.6. The number of amides is 2. The first-order valence-corrected chi connectivity index (χ1v) is 12.7. The van der Waals surface area contributed by atoms with E-state index in [1.807, 2.05) is 52.0 Å². The number of fused-ring (bicyclic) bond motifs is 3. The minimum atomic E-state index is -0.325. The Morgan fingerprint density at radius 3 is 2.68 bits per heavy atom. The summed E-state index contributed by atoms with van der Waals surface area (Å²) >= 11 is 0. The summed E-state index contributed by atoms with van der Waals surface area (Å²) in [5.74, 6) is 1.72. The normalized spacial score (nSPS) is 14.6. The van der Waals surface area contributed by atoms with Gasteiger partial charge in [-0.2, -0.15) is 5.10 Å². The summed E-state index contributed by atoms with van der Waals surface area (Å²) < 4.78 is 14.9. The zero-order chi connectivity index (χ0) is 25.8. The van der Waals surface area contributed by atoms with Crippen molar-refractivity contribution >= 4 is 6.03 Å². The molecule has 3 heterocycles. The Morgan fingerprint density at radius 2 is 1.92 bits per heavy atom. The lowest BCUT2D eigenvalue weighted by molar-refractivity contribution is 0.174. The van der Waals surface area contributed by atoms with Crippen molar-refractivity contribution in [2.75, 3.05) is 27.4 Å². The van der Waals surface area contributed by atoms with Crippen LogP contribution in [0.15, 0.2) is 72.9 Å². The number of benzene rings is 2. The first kappa shape index (κ1) is 24.6. The van der Waals surface area contributed by atoms with E-state index in [4.69, 9.17) is 14.6 Å². The highest BCUT2D eigenvalue weighted by Gasteiger charge is 2.36. The van der Waals surface area contributed by atoms with Gasteiger partial charge in [-0.05, 0) is 54.8 Å². The predicted molar refractivity (Wildman–Crippen MR) is 143 cm³/mol. The van der Waals surface area contributed by atoms with Crippen molar-refractivity contribution < 1.29 is 14.3 Å². The summed E-state index contributed by atoms with van der Waals surface area (Å²) in [4.78, 5) is 15.7. The largest absolute Gasteiger partial charge is 0.497 e. The van der Waals surface area contributed by atoms with Crippen molar-refractivity contribution in [2.24, 2.45) is 0 Å². The van der Waals surface area contributed by atoms with Gasteiger partial charge in [-0.15, -0.1) is 0 Å². The summed E-state index contributed by atoms with van der Waals surface area (Å²) in [6.07, 6.45) is 3.56. The zero-order valence-electron chi connectivity index (χ0n) is 21.6. The Labute approximate surface area is 217 Å². The van der Waals surface area contributed by atoms with Crippen LogP contribution in [0.4, 0.5) is 4.79 Å². The number of para-hydroxylation sites is 1. The lowest BCUT2D eigenvalue weighted by Gasteiger charge is -2.31. The molecule has 2 aromatic heterocycles. The molecule has 0 fully saturated rings. The van der Waals surface area contributed by atoms with Crippen molar-refractivity contribution in [3.8, 4) is 17.3 Å². The molecule has 0 bridgehead atoms. The van der Waals surface area contributed by atoms with Crippen LogP contribution in [0.5, 0.6) is 5.75 Å². The number of ether oxygens (including phenoxy) is 2. The van der Waals surface area contributed by atoms with Crippen molar-refractivity contribution in [3.05, 3.63) is 95.4 Å². The number of carbonyl (C=O) groups is 1. The van der Waals surface area contributed by atoms with E-state index in [1.54, 1.807) is 14.2 Å². The van der Waals surface area contributed by atoms with E-state index in [1.165, 1.54) is 0 Å². The van der Waals surface area contributed by atoms with Crippen LogP contribution in [0.1, 0.15) is 41.9 Å². The molecule has 2 amide bonds. The smallest absolute Gasteiger partial charge is 0.318 e. The van der Waals surface area contributed by atoms with Crippen LogP contribution in [0.3, 0.4) is 0 Å². The number of urea groups is 1. The van der Waals surface area contributed by atoms with Gasteiger partial charge in [0.25, 0.3) is 0 Å². The summed E-state index contributed by atoms with van der Waals surface area (Å²) in [5.41, 5.74) is 4.96. The maximum absolute atomic E-state index is 13.8.